The van der Waals surface area contributed by atoms with Gasteiger partial charge in [-0.2, -0.15) is 14.6 Å². The van der Waals surface area contributed by atoms with E-state index in [0.29, 0.717) is 54.6 Å². The minimum Gasteiger partial charge on any atom is -0.364 e. The van der Waals surface area contributed by atoms with E-state index in [1.165, 1.54) is 0 Å². The zero-order valence-electron chi connectivity index (χ0n) is 28.0. The number of aryl methyl sites for hydroxylation is 2. The van der Waals surface area contributed by atoms with Crippen molar-refractivity contribution in [1.29, 1.82) is 0 Å². The molecule has 0 spiro atoms. The maximum Gasteiger partial charge on any atom is 0.267 e. The molecule has 1 saturated carbocycles. The van der Waals surface area contributed by atoms with Crippen molar-refractivity contribution in [1.82, 2.24) is 24.5 Å². The Morgan fingerprint density at radius 2 is 1.87 bits per heavy atom. The number of aromatic nitrogens is 5. The number of nitrogens with zero attached hydrogens (tertiary/aromatic N) is 5. The number of nitrogens with two attached hydrogens (primary N) is 1. The third-order valence-electron chi connectivity index (χ3n) is 8.83. The molecule has 3 N–H and O–H groups in total. The third-order valence-corrected chi connectivity index (χ3v) is 10.5. The van der Waals surface area contributed by atoms with Gasteiger partial charge in [0.2, 0.25) is 11.9 Å². The number of nitrogens with one attached hydrogen (secondary N) is 1. The number of hydrogen-bond acceptors (Lipinski definition) is 6. The number of hydrogen-bond donors (Lipinski definition) is 2. The van der Waals surface area contributed by atoms with Gasteiger partial charge in [0.25, 0.3) is 5.91 Å². The summed E-state index contributed by atoms with van der Waals surface area (Å²) in [7, 11) is -1.22. The van der Waals surface area contributed by atoms with Crippen LogP contribution in [0.25, 0.3) is 11.1 Å². The Kier molecular flexibility index (Phi) is 11.3. The van der Waals surface area contributed by atoms with Gasteiger partial charge >= 0.3 is 0 Å². The first-order chi connectivity index (χ1) is 21.3. The molecule has 1 atom stereocenters. The monoisotopic (exact) mass is 639 g/mol. The summed E-state index contributed by atoms with van der Waals surface area (Å²) in [6.45, 7) is 16.5. The first-order valence-electron chi connectivity index (χ1n) is 16.3. The summed E-state index contributed by atoms with van der Waals surface area (Å²) in [6.07, 6.45) is 6.64. The van der Waals surface area contributed by atoms with Gasteiger partial charge in [0.1, 0.15) is 18.2 Å². The first kappa shape index (κ1) is 34.5. The Balaban J connectivity index is 1.60. The Hall–Kier alpha value is -3.38. The van der Waals surface area contributed by atoms with Crippen molar-refractivity contribution in [3.63, 3.8) is 0 Å². The van der Waals surface area contributed by atoms with Gasteiger partial charge in [-0.3, -0.25) is 14.3 Å². The van der Waals surface area contributed by atoms with E-state index in [-0.39, 0.29) is 23.3 Å². The molecular weight excluding hydrogens is 589 g/mol. The number of ether oxygens (including phenoxy) is 1. The van der Waals surface area contributed by atoms with Crippen molar-refractivity contribution in [3.05, 3.63) is 46.9 Å². The van der Waals surface area contributed by atoms with Crippen molar-refractivity contribution in [2.45, 2.75) is 111 Å². The molecule has 1 aliphatic rings. The van der Waals surface area contributed by atoms with Gasteiger partial charge in [-0.25, -0.2) is 9.67 Å². The summed E-state index contributed by atoms with van der Waals surface area (Å²) < 4.78 is 25.0. The average molecular weight is 640 g/mol. The molecule has 0 unspecified atom stereocenters. The molecule has 246 valence electrons. The van der Waals surface area contributed by atoms with Gasteiger partial charge in [0.05, 0.1) is 17.8 Å². The highest BCUT2D eigenvalue weighted by molar-refractivity contribution is 6.76. The SMILES string of the molecule is CCCn1ncc([C@@H](C(=O)Nc2ccc(-c3c(C)nn(COCC[Si](C)(C)C)c3CC)c(F)n2)C2CCC(C)CC2)c1C(N)=O. The molecule has 1 aliphatic carbocycles. The molecule has 3 aromatic heterocycles. The molecule has 0 radical (unpaired) electrons. The van der Waals surface area contributed by atoms with Crippen LogP contribution in [0.5, 0.6) is 0 Å². The first-order valence-corrected chi connectivity index (χ1v) is 20.0. The highest BCUT2D eigenvalue weighted by atomic mass is 28.3. The molecule has 0 saturated heterocycles. The minimum absolute atomic E-state index is 0.00346. The molecule has 3 aromatic rings. The molecule has 0 aliphatic heterocycles. The lowest BCUT2D eigenvalue weighted by Gasteiger charge is -2.32. The quantitative estimate of drug-likeness (QED) is 0.117. The number of pyridine rings is 1. The van der Waals surface area contributed by atoms with E-state index in [2.05, 4.69) is 47.1 Å². The molecule has 45 heavy (non-hydrogen) atoms. The summed E-state index contributed by atoms with van der Waals surface area (Å²) in [5, 5.41) is 11.9. The van der Waals surface area contributed by atoms with Crippen molar-refractivity contribution < 1.29 is 18.7 Å². The van der Waals surface area contributed by atoms with Crippen LogP contribution in [-0.4, -0.2) is 51.0 Å². The van der Waals surface area contributed by atoms with E-state index in [4.69, 9.17) is 10.5 Å². The minimum atomic E-state index is -1.22. The van der Waals surface area contributed by atoms with Gasteiger partial charge in [0, 0.05) is 43.6 Å². The largest absolute Gasteiger partial charge is 0.364 e. The molecule has 0 aromatic carbocycles. The van der Waals surface area contributed by atoms with Gasteiger partial charge in [-0.05, 0) is 62.6 Å². The number of rotatable bonds is 14. The number of carbonyl (C=O) groups excluding carboxylic acids is 2. The number of carbonyl (C=O) groups is 2. The van der Waals surface area contributed by atoms with Crippen molar-refractivity contribution >= 4 is 25.7 Å². The highest BCUT2D eigenvalue weighted by Gasteiger charge is 2.37. The van der Waals surface area contributed by atoms with Crippen LogP contribution in [-0.2, 0) is 29.2 Å². The van der Waals surface area contributed by atoms with E-state index < -0.39 is 25.8 Å². The number of halogens is 1. The maximum atomic E-state index is 15.7. The number of amides is 2. The summed E-state index contributed by atoms with van der Waals surface area (Å²) in [5.74, 6) is -1.64. The zero-order chi connectivity index (χ0) is 32.9. The van der Waals surface area contributed by atoms with Crippen molar-refractivity contribution in [2.24, 2.45) is 17.6 Å². The second-order valence-electron chi connectivity index (χ2n) is 13.7. The molecule has 10 nitrogen and oxygen atoms in total. The second-order valence-corrected chi connectivity index (χ2v) is 19.3. The summed E-state index contributed by atoms with van der Waals surface area (Å²) in [5.41, 5.74) is 9.16. The van der Waals surface area contributed by atoms with Crippen LogP contribution in [0.3, 0.4) is 0 Å². The molecule has 4 rings (SSSR count). The number of anilines is 1. The van der Waals surface area contributed by atoms with Gasteiger partial charge in [0.15, 0.2) is 0 Å². The fraction of sp³-hybridized carbons (Fsp3) is 0.606. The summed E-state index contributed by atoms with van der Waals surface area (Å²) in [6, 6.07) is 4.31. The van der Waals surface area contributed by atoms with E-state index in [1.807, 2.05) is 20.8 Å². The summed E-state index contributed by atoms with van der Waals surface area (Å²) >= 11 is 0. The lowest BCUT2D eigenvalue weighted by molar-refractivity contribution is -0.119. The van der Waals surface area contributed by atoms with Crippen LogP contribution in [0.4, 0.5) is 10.2 Å². The fourth-order valence-corrected chi connectivity index (χ4v) is 7.13. The van der Waals surface area contributed by atoms with E-state index in [1.54, 1.807) is 27.7 Å². The normalized spacial score (nSPS) is 17.8. The van der Waals surface area contributed by atoms with Crippen LogP contribution in [0.2, 0.25) is 25.7 Å². The fourth-order valence-electron chi connectivity index (χ4n) is 6.38. The van der Waals surface area contributed by atoms with Gasteiger partial charge in [-0.15, -0.1) is 0 Å². The number of primary amides is 1. The topological polar surface area (TPSA) is 130 Å². The predicted molar refractivity (Wildman–Crippen MR) is 177 cm³/mol. The maximum absolute atomic E-state index is 15.7. The van der Waals surface area contributed by atoms with Crippen molar-refractivity contribution in [3.8, 4) is 11.1 Å². The Morgan fingerprint density at radius 3 is 2.47 bits per heavy atom. The summed E-state index contributed by atoms with van der Waals surface area (Å²) in [4.78, 5) is 30.7. The lowest BCUT2D eigenvalue weighted by atomic mass is 9.73. The highest BCUT2D eigenvalue weighted by Crippen LogP contribution is 2.40. The second kappa shape index (κ2) is 14.8. The smallest absolute Gasteiger partial charge is 0.267 e. The molecule has 0 bridgehead atoms. The van der Waals surface area contributed by atoms with Crippen molar-refractivity contribution in [2.75, 3.05) is 11.9 Å². The van der Waals surface area contributed by atoms with Gasteiger partial charge in [-0.1, -0.05) is 53.3 Å². The average Bonchev–Trinajstić information content (AvgIpc) is 3.52. The van der Waals surface area contributed by atoms with E-state index >= 15 is 4.39 Å². The van der Waals surface area contributed by atoms with Crippen LogP contribution in [0, 0.1) is 24.7 Å². The third kappa shape index (κ3) is 8.26. The van der Waals surface area contributed by atoms with Crippen LogP contribution in [0.15, 0.2) is 18.3 Å². The predicted octanol–water partition coefficient (Wildman–Crippen LogP) is 6.52. The van der Waals surface area contributed by atoms with Crippen LogP contribution >= 0.6 is 0 Å². The van der Waals surface area contributed by atoms with E-state index in [9.17, 15) is 9.59 Å². The lowest BCUT2D eigenvalue weighted by Crippen LogP contribution is -2.32. The van der Waals surface area contributed by atoms with Gasteiger partial charge < -0.3 is 15.8 Å². The molecule has 12 heteroatoms. The molecule has 1 fully saturated rings. The Bertz CT molecular complexity index is 1490. The molecular formula is C33H50FN7O3Si. The Labute approximate surface area is 267 Å². The molecule has 3 heterocycles. The van der Waals surface area contributed by atoms with E-state index in [0.717, 1.165) is 43.8 Å². The van der Waals surface area contributed by atoms with Crippen LogP contribution < -0.4 is 11.1 Å². The standard InChI is InChI=1S/C33H50FN7O3Si/c1-8-16-40-30(32(35)42)25(19-36-40)29(23-12-10-21(3)11-13-23)33(43)38-27-15-14-24(31(34)37-27)28-22(4)39-41(26(28)9-2)20-44-17-18-45(5,6)7/h14-15,19,21,23,29H,8-13,16-18,20H2,1-7H3,(H2,35,42)(H,37,38,43)/t21?,23?,29-/m0/s1. The Morgan fingerprint density at radius 1 is 1.16 bits per heavy atom. The zero-order valence-corrected chi connectivity index (χ0v) is 29.0. The van der Waals surface area contributed by atoms with Crippen LogP contribution in [0.1, 0.15) is 86.2 Å². The molecule has 2 amide bonds.